The molecule has 5 nitrogen and oxygen atoms in total. The van der Waals surface area contributed by atoms with Gasteiger partial charge in [0.1, 0.15) is 23.0 Å². The highest BCUT2D eigenvalue weighted by Crippen LogP contribution is 2.36. The summed E-state index contributed by atoms with van der Waals surface area (Å²) in [5, 5.41) is 11.4. The molecule has 0 saturated carbocycles. The number of hydrogen-bond donors (Lipinski definition) is 1. The van der Waals surface area contributed by atoms with Crippen molar-refractivity contribution in [2.24, 2.45) is 0 Å². The number of benzene rings is 1. The van der Waals surface area contributed by atoms with Gasteiger partial charge in [-0.1, -0.05) is 6.07 Å². The first kappa shape index (κ1) is 13.1. The first-order chi connectivity index (χ1) is 9.30. The molecule has 1 aromatic carbocycles. The summed E-state index contributed by atoms with van der Waals surface area (Å²) in [6.45, 7) is 2.82. The van der Waals surface area contributed by atoms with Crippen LogP contribution in [0.2, 0.25) is 0 Å². The smallest absolute Gasteiger partial charge is 0.148 e. The van der Waals surface area contributed by atoms with Gasteiger partial charge in [0.05, 0.1) is 19.8 Å². The fraction of sp³-hybridized carbons (Fsp3) is 0.286. The predicted octanol–water partition coefficient (Wildman–Crippen LogP) is 2.59. The van der Waals surface area contributed by atoms with Crippen molar-refractivity contribution in [1.82, 2.24) is 10.2 Å². The predicted molar refractivity (Wildman–Crippen MR) is 74.7 cm³/mol. The number of rotatable bonds is 5. The Morgan fingerprint density at radius 3 is 2.16 bits per heavy atom. The third-order valence-corrected chi connectivity index (χ3v) is 2.71. The molecule has 0 fully saturated rings. The highest BCUT2D eigenvalue weighted by Gasteiger charge is 2.13. The first-order valence-electron chi connectivity index (χ1n) is 6.09. The lowest BCUT2D eigenvalue weighted by Gasteiger charge is -2.12. The zero-order valence-electron chi connectivity index (χ0n) is 11.3. The van der Waals surface area contributed by atoms with Crippen molar-refractivity contribution in [3.63, 3.8) is 0 Å². The summed E-state index contributed by atoms with van der Waals surface area (Å²) in [4.78, 5) is 0. The fourth-order valence-corrected chi connectivity index (χ4v) is 1.84. The van der Waals surface area contributed by atoms with Crippen molar-refractivity contribution in [2.75, 3.05) is 26.1 Å². The highest BCUT2D eigenvalue weighted by atomic mass is 16.5. The molecule has 0 radical (unpaired) electrons. The number of anilines is 1. The van der Waals surface area contributed by atoms with Gasteiger partial charge in [0.25, 0.3) is 0 Å². The molecule has 1 aromatic heterocycles. The van der Waals surface area contributed by atoms with E-state index >= 15 is 0 Å². The van der Waals surface area contributed by atoms with E-state index < -0.39 is 0 Å². The third kappa shape index (κ3) is 2.76. The van der Waals surface area contributed by atoms with E-state index in [-0.39, 0.29) is 0 Å². The number of aromatic nitrogens is 2. The first-order valence-corrected chi connectivity index (χ1v) is 6.09. The van der Waals surface area contributed by atoms with Crippen LogP contribution in [0, 0.1) is 0 Å². The van der Waals surface area contributed by atoms with E-state index in [9.17, 15) is 0 Å². The van der Waals surface area contributed by atoms with Crippen LogP contribution in [0.25, 0.3) is 11.3 Å². The zero-order chi connectivity index (χ0) is 13.7. The van der Waals surface area contributed by atoms with Crippen LogP contribution in [0.1, 0.15) is 6.92 Å². The molecule has 0 aliphatic heterocycles. The summed E-state index contributed by atoms with van der Waals surface area (Å²) in [5.41, 5.74) is 1.53. The van der Waals surface area contributed by atoms with E-state index in [4.69, 9.17) is 9.47 Å². The average molecular weight is 259 g/mol. The van der Waals surface area contributed by atoms with Gasteiger partial charge in [-0.15, -0.1) is 10.2 Å². The van der Waals surface area contributed by atoms with Gasteiger partial charge in [0.15, 0.2) is 0 Å². The Morgan fingerprint density at radius 2 is 1.68 bits per heavy atom. The standard InChI is InChI=1S/C14H17N3O2/c1-4-15-13-9-8-10(16-17-13)14-11(18-2)6-5-7-12(14)19-3/h5-9H,4H2,1-3H3,(H,15,17). The topological polar surface area (TPSA) is 56.3 Å². The van der Waals surface area contributed by atoms with Gasteiger partial charge in [-0.25, -0.2) is 0 Å². The van der Waals surface area contributed by atoms with E-state index in [0.717, 1.165) is 23.6 Å². The van der Waals surface area contributed by atoms with Crippen LogP contribution in [-0.4, -0.2) is 31.0 Å². The van der Waals surface area contributed by atoms with Crippen molar-refractivity contribution in [1.29, 1.82) is 0 Å². The lowest BCUT2D eigenvalue weighted by Crippen LogP contribution is -2.01. The van der Waals surface area contributed by atoms with Crippen LogP contribution in [0.4, 0.5) is 5.82 Å². The summed E-state index contributed by atoms with van der Waals surface area (Å²) < 4.78 is 10.7. The Morgan fingerprint density at radius 1 is 1.00 bits per heavy atom. The maximum atomic E-state index is 5.36. The Bertz CT molecular complexity index is 519. The van der Waals surface area contributed by atoms with Gasteiger partial charge in [-0.05, 0) is 31.2 Å². The van der Waals surface area contributed by atoms with E-state index in [1.165, 1.54) is 0 Å². The number of nitrogens with one attached hydrogen (secondary N) is 1. The van der Waals surface area contributed by atoms with Crippen LogP contribution >= 0.6 is 0 Å². The molecule has 5 heteroatoms. The molecule has 2 aromatic rings. The quantitative estimate of drug-likeness (QED) is 0.894. The molecule has 0 bridgehead atoms. The lowest BCUT2D eigenvalue weighted by atomic mass is 10.1. The summed E-state index contributed by atoms with van der Waals surface area (Å²) in [5.74, 6) is 2.18. The Kier molecular flexibility index (Phi) is 4.18. The highest BCUT2D eigenvalue weighted by molar-refractivity contribution is 5.74. The molecule has 0 spiro atoms. The number of hydrogen-bond acceptors (Lipinski definition) is 5. The summed E-state index contributed by atoms with van der Waals surface area (Å²) in [6.07, 6.45) is 0. The molecule has 100 valence electrons. The van der Waals surface area contributed by atoms with E-state index in [1.54, 1.807) is 14.2 Å². The molecule has 0 unspecified atom stereocenters. The van der Waals surface area contributed by atoms with E-state index in [1.807, 2.05) is 37.3 Å². The molecule has 1 N–H and O–H groups in total. The van der Waals surface area contributed by atoms with Gasteiger partial charge in [-0.3, -0.25) is 0 Å². The van der Waals surface area contributed by atoms with Gasteiger partial charge in [0.2, 0.25) is 0 Å². The molecule has 0 atom stereocenters. The maximum Gasteiger partial charge on any atom is 0.148 e. The van der Waals surface area contributed by atoms with Crippen molar-refractivity contribution >= 4 is 5.82 Å². The second kappa shape index (κ2) is 6.04. The minimum Gasteiger partial charge on any atom is -0.496 e. The van der Waals surface area contributed by atoms with Crippen molar-refractivity contribution < 1.29 is 9.47 Å². The zero-order valence-corrected chi connectivity index (χ0v) is 11.3. The Labute approximate surface area is 112 Å². The number of ether oxygens (including phenoxy) is 2. The average Bonchev–Trinajstić information content (AvgIpc) is 2.47. The lowest BCUT2D eigenvalue weighted by molar-refractivity contribution is 0.397. The monoisotopic (exact) mass is 259 g/mol. The second-order valence-corrected chi connectivity index (χ2v) is 3.87. The summed E-state index contributed by atoms with van der Waals surface area (Å²) in [6, 6.07) is 9.40. The molecule has 0 saturated heterocycles. The molecular formula is C14H17N3O2. The largest absolute Gasteiger partial charge is 0.496 e. The normalized spacial score (nSPS) is 10.1. The van der Waals surface area contributed by atoms with Crippen LogP contribution in [0.3, 0.4) is 0 Å². The molecule has 1 heterocycles. The SMILES string of the molecule is CCNc1ccc(-c2c(OC)cccc2OC)nn1. The van der Waals surface area contributed by atoms with Crippen LogP contribution in [-0.2, 0) is 0 Å². The van der Waals surface area contributed by atoms with Crippen LogP contribution in [0.15, 0.2) is 30.3 Å². The van der Waals surface area contributed by atoms with Crippen LogP contribution < -0.4 is 14.8 Å². The minimum absolute atomic E-state index is 0.713. The van der Waals surface area contributed by atoms with Gasteiger partial charge in [0, 0.05) is 6.54 Å². The van der Waals surface area contributed by atoms with E-state index in [0.29, 0.717) is 11.5 Å². The number of methoxy groups -OCH3 is 2. The van der Waals surface area contributed by atoms with Crippen molar-refractivity contribution in [3.8, 4) is 22.8 Å². The number of nitrogens with zero attached hydrogens (tertiary/aromatic N) is 2. The third-order valence-electron chi connectivity index (χ3n) is 2.71. The fourth-order valence-electron chi connectivity index (χ4n) is 1.84. The van der Waals surface area contributed by atoms with Gasteiger partial charge in [-0.2, -0.15) is 0 Å². The Balaban J connectivity index is 2.45. The van der Waals surface area contributed by atoms with Crippen LogP contribution in [0.5, 0.6) is 11.5 Å². The molecule has 0 aliphatic carbocycles. The molecule has 0 amide bonds. The van der Waals surface area contributed by atoms with Crippen molar-refractivity contribution in [2.45, 2.75) is 6.92 Å². The van der Waals surface area contributed by atoms with Crippen molar-refractivity contribution in [3.05, 3.63) is 30.3 Å². The minimum atomic E-state index is 0.713. The van der Waals surface area contributed by atoms with Gasteiger partial charge >= 0.3 is 0 Å². The van der Waals surface area contributed by atoms with E-state index in [2.05, 4.69) is 15.5 Å². The summed E-state index contributed by atoms with van der Waals surface area (Å²) in [7, 11) is 3.25. The second-order valence-electron chi connectivity index (χ2n) is 3.87. The molecule has 19 heavy (non-hydrogen) atoms. The Hall–Kier alpha value is -2.30. The molecule has 2 rings (SSSR count). The van der Waals surface area contributed by atoms with Gasteiger partial charge < -0.3 is 14.8 Å². The molecular weight excluding hydrogens is 242 g/mol. The molecule has 0 aliphatic rings. The maximum absolute atomic E-state index is 5.36. The summed E-state index contributed by atoms with van der Waals surface area (Å²) >= 11 is 0.